The van der Waals surface area contributed by atoms with Crippen LogP contribution in [-0.4, -0.2) is 53.0 Å². The molecule has 1 aliphatic rings. The number of aliphatic carboxylic acids is 1. The van der Waals surface area contributed by atoms with Gasteiger partial charge in [0.2, 0.25) is 11.8 Å². The summed E-state index contributed by atoms with van der Waals surface area (Å²) < 4.78 is 0. The van der Waals surface area contributed by atoms with Gasteiger partial charge in [0.05, 0.1) is 6.54 Å². The number of carbonyl (C=O) groups excluding carboxylic acids is 2. The molecule has 0 aromatic heterocycles. The largest absolute Gasteiger partial charge is 0.480 e. The lowest BCUT2D eigenvalue weighted by Crippen LogP contribution is -2.51. The Bertz CT molecular complexity index is 345. The van der Waals surface area contributed by atoms with E-state index in [1.165, 1.54) is 4.90 Å². The maximum absolute atomic E-state index is 11.9. The van der Waals surface area contributed by atoms with Gasteiger partial charge in [0.25, 0.3) is 0 Å². The summed E-state index contributed by atoms with van der Waals surface area (Å²) in [5.74, 6) is -1.76. The van der Waals surface area contributed by atoms with E-state index in [9.17, 15) is 14.4 Å². The second kappa shape index (κ2) is 6.34. The quantitative estimate of drug-likeness (QED) is 0.579. The Kier molecular flexibility index (Phi) is 5.08. The first-order valence-corrected chi connectivity index (χ1v) is 6.04. The van der Waals surface area contributed by atoms with Crippen LogP contribution in [0.1, 0.15) is 26.2 Å². The molecule has 7 nitrogen and oxygen atoms in total. The van der Waals surface area contributed by atoms with E-state index in [0.717, 1.165) is 6.42 Å². The lowest BCUT2D eigenvalue weighted by Gasteiger charge is -2.24. The van der Waals surface area contributed by atoms with Gasteiger partial charge in [-0.05, 0) is 19.3 Å². The molecule has 102 valence electrons. The number of nitrogens with two attached hydrogens (primary N) is 1. The lowest BCUT2D eigenvalue weighted by atomic mass is 10.1. The van der Waals surface area contributed by atoms with E-state index in [2.05, 4.69) is 5.32 Å². The van der Waals surface area contributed by atoms with Gasteiger partial charge in [-0.15, -0.1) is 0 Å². The zero-order valence-corrected chi connectivity index (χ0v) is 10.4. The Hall–Kier alpha value is -1.63. The Morgan fingerprint density at radius 1 is 1.50 bits per heavy atom. The number of carbonyl (C=O) groups is 3. The molecule has 0 saturated carbocycles. The zero-order valence-electron chi connectivity index (χ0n) is 10.4. The summed E-state index contributed by atoms with van der Waals surface area (Å²) in [6, 6.07) is -1.50. The molecule has 0 aliphatic carbocycles. The summed E-state index contributed by atoms with van der Waals surface area (Å²) in [5, 5.41) is 11.3. The average molecular weight is 257 g/mol. The standard InChI is InChI=1S/C11H19N3O4/c1-2-7(11(17)18)13-10(16)8-4-3-5-14(8)9(15)6-12/h7-8H,2-6,12H2,1H3,(H,13,16)(H,17,18)/t7-,8-/m0/s1. The van der Waals surface area contributed by atoms with Crippen molar-refractivity contribution in [3.63, 3.8) is 0 Å². The van der Waals surface area contributed by atoms with Crippen molar-refractivity contribution in [1.29, 1.82) is 0 Å². The molecule has 1 rings (SSSR count). The van der Waals surface area contributed by atoms with Crippen molar-refractivity contribution in [2.24, 2.45) is 5.73 Å². The minimum absolute atomic E-state index is 0.139. The fourth-order valence-corrected chi connectivity index (χ4v) is 2.06. The molecule has 1 aliphatic heterocycles. The normalized spacial score (nSPS) is 20.6. The van der Waals surface area contributed by atoms with Crippen molar-refractivity contribution in [3.8, 4) is 0 Å². The smallest absolute Gasteiger partial charge is 0.326 e. The van der Waals surface area contributed by atoms with Crippen LogP contribution in [0.4, 0.5) is 0 Å². The number of carboxylic acids is 1. The number of hydrogen-bond acceptors (Lipinski definition) is 4. The van der Waals surface area contributed by atoms with E-state index in [-0.39, 0.29) is 12.5 Å². The van der Waals surface area contributed by atoms with Crippen LogP contribution in [0, 0.1) is 0 Å². The molecule has 0 spiro atoms. The highest BCUT2D eigenvalue weighted by Crippen LogP contribution is 2.17. The van der Waals surface area contributed by atoms with Gasteiger partial charge < -0.3 is 21.1 Å². The molecule has 18 heavy (non-hydrogen) atoms. The van der Waals surface area contributed by atoms with Gasteiger partial charge in [-0.25, -0.2) is 4.79 Å². The van der Waals surface area contributed by atoms with Crippen molar-refractivity contribution in [2.45, 2.75) is 38.3 Å². The first kappa shape index (κ1) is 14.4. The summed E-state index contributed by atoms with van der Waals surface area (Å²) in [7, 11) is 0. The third-order valence-corrected chi connectivity index (χ3v) is 3.07. The minimum Gasteiger partial charge on any atom is -0.480 e. The topological polar surface area (TPSA) is 113 Å². The molecule has 0 aromatic carbocycles. The van der Waals surface area contributed by atoms with Crippen molar-refractivity contribution in [2.75, 3.05) is 13.1 Å². The highest BCUT2D eigenvalue weighted by Gasteiger charge is 2.34. The van der Waals surface area contributed by atoms with Crippen LogP contribution in [0.5, 0.6) is 0 Å². The Morgan fingerprint density at radius 2 is 2.17 bits per heavy atom. The van der Waals surface area contributed by atoms with Gasteiger partial charge in [-0.2, -0.15) is 0 Å². The SMILES string of the molecule is CC[C@H](NC(=O)[C@@H]1CCCN1C(=O)CN)C(=O)O. The van der Waals surface area contributed by atoms with E-state index in [1.807, 2.05) is 0 Å². The number of carboxylic acid groups (broad SMARTS) is 1. The summed E-state index contributed by atoms with van der Waals surface area (Å²) in [6.07, 6.45) is 1.58. The Morgan fingerprint density at radius 3 is 2.67 bits per heavy atom. The van der Waals surface area contributed by atoms with Gasteiger partial charge in [-0.3, -0.25) is 9.59 Å². The van der Waals surface area contributed by atoms with Crippen LogP contribution in [0.2, 0.25) is 0 Å². The van der Waals surface area contributed by atoms with Crippen molar-refractivity contribution < 1.29 is 19.5 Å². The van der Waals surface area contributed by atoms with Crippen LogP contribution < -0.4 is 11.1 Å². The second-order valence-corrected chi connectivity index (χ2v) is 4.26. The number of nitrogens with one attached hydrogen (secondary N) is 1. The van der Waals surface area contributed by atoms with E-state index < -0.39 is 24.0 Å². The third-order valence-electron chi connectivity index (χ3n) is 3.07. The molecule has 7 heteroatoms. The first-order valence-electron chi connectivity index (χ1n) is 6.04. The number of nitrogens with zero attached hydrogens (tertiary/aromatic N) is 1. The fourth-order valence-electron chi connectivity index (χ4n) is 2.06. The molecule has 2 amide bonds. The summed E-state index contributed by atoms with van der Waals surface area (Å²) in [6.45, 7) is 2.04. The van der Waals surface area contributed by atoms with E-state index in [0.29, 0.717) is 19.4 Å². The number of amides is 2. The lowest BCUT2D eigenvalue weighted by molar-refractivity contribution is -0.143. The van der Waals surface area contributed by atoms with E-state index in [4.69, 9.17) is 10.8 Å². The molecule has 0 radical (unpaired) electrons. The van der Waals surface area contributed by atoms with Gasteiger partial charge in [0, 0.05) is 6.54 Å². The molecular formula is C11H19N3O4. The fraction of sp³-hybridized carbons (Fsp3) is 0.727. The highest BCUT2D eigenvalue weighted by molar-refractivity contribution is 5.91. The summed E-state index contributed by atoms with van der Waals surface area (Å²) in [4.78, 5) is 35.7. The van der Waals surface area contributed by atoms with Crippen molar-refractivity contribution in [3.05, 3.63) is 0 Å². The van der Waals surface area contributed by atoms with Crippen molar-refractivity contribution >= 4 is 17.8 Å². The molecule has 1 fully saturated rings. The van der Waals surface area contributed by atoms with E-state index >= 15 is 0 Å². The van der Waals surface area contributed by atoms with Crippen LogP contribution in [0.25, 0.3) is 0 Å². The molecule has 1 saturated heterocycles. The van der Waals surface area contributed by atoms with E-state index in [1.54, 1.807) is 6.92 Å². The molecule has 4 N–H and O–H groups in total. The van der Waals surface area contributed by atoms with Gasteiger partial charge in [0.15, 0.2) is 0 Å². The van der Waals surface area contributed by atoms with Crippen molar-refractivity contribution in [1.82, 2.24) is 10.2 Å². The molecule has 0 bridgehead atoms. The van der Waals surface area contributed by atoms with Crippen LogP contribution in [-0.2, 0) is 14.4 Å². The maximum Gasteiger partial charge on any atom is 0.326 e. The minimum atomic E-state index is -1.07. The van der Waals surface area contributed by atoms with Crippen LogP contribution >= 0.6 is 0 Å². The van der Waals surface area contributed by atoms with Gasteiger partial charge in [-0.1, -0.05) is 6.92 Å². The van der Waals surface area contributed by atoms with Gasteiger partial charge in [0.1, 0.15) is 12.1 Å². The zero-order chi connectivity index (χ0) is 13.7. The molecular weight excluding hydrogens is 238 g/mol. The average Bonchev–Trinajstić information content (AvgIpc) is 2.83. The predicted octanol–water partition coefficient (Wildman–Crippen LogP) is -1.08. The van der Waals surface area contributed by atoms with Gasteiger partial charge >= 0.3 is 5.97 Å². The number of rotatable bonds is 5. The maximum atomic E-state index is 11.9. The molecule has 1 heterocycles. The highest BCUT2D eigenvalue weighted by atomic mass is 16.4. The number of likely N-dealkylation sites (tertiary alicyclic amines) is 1. The Labute approximate surface area is 105 Å². The third kappa shape index (κ3) is 3.19. The van der Waals surface area contributed by atoms with Crippen LogP contribution in [0.3, 0.4) is 0 Å². The molecule has 0 unspecified atom stereocenters. The predicted molar refractivity (Wildman–Crippen MR) is 63.6 cm³/mol. The first-order chi connectivity index (χ1) is 8.51. The second-order valence-electron chi connectivity index (χ2n) is 4.26. The monoisotopic (exact) mass is 257 g/mol. The van der Waals surface area contributed by atoms with Crippen LogP contribution in [0.15, 0.2) is 0 Å². The molecule has 2 atom stereocenters. The summed E-state index contributed by atoms with van der Waals surface area (Å²) in [5.41, 5.74) is 5.27. The summed E-state index contributed by atoms with van der Waals surface area (Å²) >= 11 is 0. The number of hydrogen-bond donors (Lipinski definition) is 3. The molecule has 0 aromatic rings. The Balaban J connectivity index is 2.65.